The largest absolute Gasteiger partial charge is 0.396 e. The molecule has 0 unspecified atom stereocenters. The summed E-state index contributed by atoms with van der Waals surface area (Å²) in [4.78, 5) is 24.8. The van der Waals surface area contributed by atoms with Gasteiger partial charge < -0.3 is 5.11 Å². The molecule has 2 atom stereocenters. The van der Waals surface area contributed by atoms with Gasteiger partial charge in [0.15, 0.2) is 0 Å². The van der Waals surface area contributed by atoms with Gasteiger partial charge in [-0.2, -0.15) is 0 Å². The highest BCUT2D eigenvalue weighted by molar-refractivity contribution is 5.14. The molecule has 1 aliphatic rings. The molecular formula is C11H15FN2O3. The van der Waals surface area contributed by atoms with Crippen molar-refractivity contribution in [2.24, 2.45) is 5.41 Å². The molecule has 2 rings (SSSR count). The number of aromatic nitrogens is 2. The van der Waals surface area contributed by atoms with E-state index < -0.39 is 22.3 Å². The number of alkyl halides is 1. The van der Waals surface area contributed by atoms with Crippen LogP contribution in [0.5, 0.6) is 0 Å². The van der Waals surface area contributed by atoms with E-state index >= 15 is 0 Å². The van der Waals surface area contributed by atoms with Gasteiger partial charge in [-0.15, -0.1) is 0 Å². The van der Waals surface area contributed by atoms with Crippen molar-refractivity contribution >= 4 is 0 Å². The third-order valence-electron chi connectivity index (χ3n) is 3.59. The zero-order chi connectivity index (χ0) is 12.8. The predicted octanol–water partition coefficient (Wildman–Crippen LogP) is -0.0444. The first-order valence-electron chi connectivity index (χ1n) is 5.41. The molecule has 0 aromatic carbocycles. The van der Waals surface area contributed by atoms with Crippen LogP contribution < -0.4 is 11.2 Å². The Morgan fingerprint density at radius 1 is 1.59 bits per heavy atom. The van der Waals surface area contributed by atoms with E-state index in [1.165, 1.54) is 6.20 Å². The van der Waals surface area contributed by atoms with Crippen LogP contribution in [0.15, 0.2) is 15.8 Å². The first-order chi connectivity index (χ1) is 7.81. The second kappa shape index (κ2) is 3.53. The Hall–Kier alpha value is -1.43. The molecular weight excluding hydrogens is 227 g/mol. The van der Waals surface area contributed by atoms with Crippen LogP contribution in [0.3, 0.4) is 0 Å². The van der Waals surface area contributed by atoms with E-state index in [0.717, 1.165) is 4.57 Å². The Labute approximate surface area is 96.9 Å². The lowest BCUT2D eigenvalue weighted by atomic mass is 10.1. The summed E-state index contributed by atoms with van der Waals surface area (Å²) in [7, 11) is 0. The molecule has 1 aromatic heterocycles. The standard InChI is InChI=1S/C11H15FN2O3/c1-7-3-14(9(17)13-8(7)16)5-11(12)4-10(11,2)6-15/h3,15H,4-6H2,1-2H3,(H,13,16,17)/t10-,11+/m1/s1. The predicted molar refractivity (Wildman–Crippen MR) is 59.7 cm³/mol. The van der Waals surface area contributed by atoms with E-state index in [1.54, 1.807) is 13.8 Å². The van der Waals surface area contributed by atoms with Gasteiger partial charge in [0, 0.05) is 17.2 Å². The minimum absolute atomic E-state index is 0.138. The molecule has 0 saturated heterocycles. The molecule has 2 N–H and O–H groups in total. The summed E-state index contributed by atoms with van der Waals surface area (Å²) in [6.07, 6.45) is 1.57. The van der Waals surface area contributed by atoms with Crippen molar-refractivity contribution in [1.82, 2.24) is 9.55 Å². The van der Waals surface area contributed by atoms with Crippen molar-refractivity contribution in [2.45, 2.75) is 32.5 Å². The number of aryl methyl sites for hydroxylation is 1. The number of aromatic amines is 1. The Balaban J connectivity index is 2.30. The molecule has 1 aliphatic carbocycles. The zero-order valence-electron chi connectivity index (χ0n) is 9.79. The lowest BCUT2D eigenvalue weighted by Crippen LogP contribution is -2.35. The molecule has 6 heteroatoms. The fourth-order valence-electron chi connectivity index (χ4n) is 2.02. The highest BCUT2D eigenvalue weighted by Gasteiger charge is 2.65. The minimum Gasteiger partial charge on any atom is -0.396 e. The Morgan fingerprint density at radius 2 is 2.24 bits per heavy atom. The molecule has 0 spiro atoms. The average Bonchev–Trinajstić information content (AvgIpc) is 2.79. The molecule has 1 fully saturated rings. The van der Waals surface area contributed by atoms with Gasteiger partial charge in [0.2, 0.25) is 0 Å². The van der Waals surface area contributed by atoms with Gasteiger partial charge in [-0.05, 0) is 13.3 Å². The molecule has 5 nitrogen and oxygen atoms in total. The maximum Gasteiger partial charge on any atom is 0.328 e. The number of aliphatic hydroxyl groups excluding tert-OH is 1. The van der Waals surface area contributed by atoms with Crippen molar-refractivity contribution in [3.63, 3.8) is 0 Å². The topological polar surface area (TPSA) is 75.1 Å². The van der Waals surface area contributed by atoms with Crippen molar-refractivity contribution in [2.75, 3.05) is 6.61 Å². The van der Waals surface area contributed by atoms with E-state index in [9.17, 15) is 14.0 Å². The van der Waals surface area contributed by atoms with Crippen LogP contribution in [0.1, 0.15) is 18.9 Å². The number of H-pyrrole nitrogens is 1. The third-order valence-corrected chi connectivity index (χ3v) is 3.59. The second-order valence-corrected chi connectivity index (χ2v) is 5.06. The lowest BCUT2D eigenvalue weighted by Gasteiger charge is -2.14. The maximum absolute atomic E-state index is 14.2. The second-order valence-electron chi connectivity index (χ2n) is 5.06. The van der Waals surface area contributed by atoms with Crippen LogP contribution in [0, 0.1) is 12.3 Å². The van der Waals surface area contributed by atoms with Crippen LogP contribution in [0.4, 0.5) is 4.39 Å². The minimum atomic E-state index is -1.57. The number of hydrogen-bond donors (Lipinski definition) is 2. The van der Waals surface area contributed by atoms with Crippen LogP contribution >= 0.6 is 0 Å². The molecule has 0 aliphatic heterocycles. The van der Waals surface area contributed by atoms with E-state index in [1.807, 2.05) is 0 Å². The first-order valence-corrected chi connectivity index (χ1v) is 5.41. The van der Waals surface area contributed by atoms with Gasteiger partial charge in [-0.3, -0.25) is 14.3 Å². The number of nitrogens with zero attached hydrogens (tertiary/aromatic N) is 1. The number of nitrogens with one attached hydrogen (secondary N) is 1. The highest BCUT2D eigenvalue weighted by atomic mass is 19.1. The normalized spacial score (nSPS) is 31.5. The molecule has 1 aromatic rings. The summed E-state index contributed by atoms with van der Waals surface area (Å²) in [5.74, 6) is 0. The smallest absolute Gasteiger partial charge is 0.328 e. The van der Waals surface area contributed by atoms with Crippen molar-refractivity contribution in [1.29, 1.82) is 0 Å². The lowest BCUT2D eigenvalue weighted by molar-refractivity contribution is 0.137. The SMILES string of the molecule is Cc1cn(C[C@@]2(F)C[C@]2(C)CO)c(=O)[nH]c1=O. The van der Waals surface area contributed by atoms with Gasteiger partial charge in [0.1, 0.15) is 5.67 Å². The van der Waals surface area contributed by atoms with Crippen LogP contribution in [0.2, 0.25) is 0 Å². The molecule has 0 amide bonds. The summed E-state index contributed by atoms with van der Waals surface area (Å²) in [6, 6.07) is 0. The fraction of sp³-hybridized carbons (Fsp3) is 0.636. The number of hydrogen-bond acceptors (Lipinski definition) is 3. The number of aliphatic hydroxyl groups is 1. The average molecular weight is 242 g/mol. The third kappa shape index (κ3) is 1.82. The van der Waals surface area contributed by atoms with Crippen molar-refractivity contribution in [3.8, 4) is 0 Å². The van der Waals surface area contributed by atoms with Crippen LogP contribution in [-0.2, 0) is 6.54 Å². The zero-order valence-corrected chi connectivity index (χ0v) is 9.79. The fourth-order valence-corrected chi connectivity index (χ4v) is 2.02. The Bertz CT molecular complexity index is 565. The van der Waals surface area contributed by atoms with Crippen LogP contribution in [0.25, 0.3) is 0 Å². The van der Waals surface area contributed by atoms with E-state index in [4.69, 9.17) is 5.11 Å². The summed E-state index contributed by atoms with van der Waals surface area (Å²) >= 11 is 0. The van der Waals surface area contributed by atoms with Gasteiger partial charge in [-0.25, -0.2) is 9.18 Å². The molecule has 0 bridgehead atoms. The quantitative estimate of drug-likeness (QED) is 0.780. The number of rotatable bonds is 3. The summed E-state index contributed by atoms with van der Waals surface area (Å²) < 4.78 is 15.4. The summed E-state index contributed by atoms with van der Waals surface area (Å²) in [5.41, 5.74) is -3.07. The molecule has 0 radical (unpaired) electrons. The molecule has 1 saturated carbocycles. The Kier molecular flexibility index (Phi) is 2.50. The monoisotopic (exact) mass is 242 g/mol. The molecule has 17 heavy (non-hydrogen) atoms. The maximum atomic E-state index is 14.2. The van der Waals surface area contributed by atoms with E-state index in [0.29, 0.717) is 5.56 Å². The van der Waals surface area contributed by atoms with Crippen molar-refractivity contribution in [3.05, 3.63) is 32.6 Å². The van der Waals surface area contributed by atoms with E-state index in [-0.39, 0.29) is 19.6 Å². The molecule has 1 heterocycles. The summed E-state index contributed by atoms with van der Waals surface area (Å²) in [6.45, 7) is 2.80. The van der Waals surface area contributed by atoms with E-state index in [2.05, 4.69) is 4.98 Å². The van der Waals surface area contributed by atoms with Gasteiger partial charge in [0.05, 0.1) is 13.2 Å². The Morgan fingerprint density at radius 3 is 2.76 bits per heavy atom. The highest BCUT2D eigenvalue weighted by Crippen LogP contribution is 2.59. The molecule has 94 valence electrons. The summed E-state index contributed by atoms with van der Waals surface area (Å²) in [5, 5.41) is 9.06. The van der Waals surface area contributed by atoms with Gasteiger partial charge >= 0.3 is 5.69 Å². The number of halogens is 1. The van der Waals surface area contributed by atoms with Crippen molar-refractivity contribution < 1.29 is 9.50 Å². The van der Waals surface area contributed by atoms with Gasteiger partial charge in [0.25, 0.3) is 5.56 Å². The van der Waals surface area contributed by atoms with Gasteiger partial charge in [-0.1, -0.05) is 6.92 Å². The first kappa shape index (κ1) is 12.0. The van der Waals surface area contributed by atoms with Crippen LogP contribution in [-0.4, -0.2) is 26.9 Å².